The predicted octanol–water partition coefficient (Wildman–Crippen LogP) is 4.77. The Morgan fingerprint density at radius 1 is 1.00 bits per heavy atom. The smallest absolute Gasteiger partial charge is 0.124 e. The van der Waals surface area contributed by atoms with Crippen LogP contribution < -0.4 is 4.42 Å². The number of para-hydroxylation sites is 1. The molecule has 0 N–H and O–H groups in total. The van der Waals surface area contributed by atoms with Crippen LogP contribution in [0, 0.1) is 5.82 Å². The van der Waals surface area contributed by atoms with Gasteiger partial charge in [0.2, 0.25) is 0 Å². The first-order valence-electron chi connectivity index (χ1n) is 4.64. The number of anilines is 2. The Balaban J connectivity index is 2.38. The molecule has 16 heavy (non-hydrogen) atoms. The Bertz CT molecular complexity index is 488. The van der Waals surface area contributed by atoms with E-state index in [2.05, 4.69) is 0 Å². The third-order valence-corrected chi connectivity index (χ3v) is 2.78. The van der Waals surface area contributed by atoms with E-state index in [-0.39, 0.29) is 10.8 Å². The SMILES string of the molecule is Fc1ccc(N(Cl)c2ccccc2)c(Cl)c1. The highest BCUT2D eigenvalue weighted by Crippen LogP contribution is 2.33. The van der Waals surface area contributed by atoms with Crippen molar-refractivity contribution in [3.05, 3.63) is 59.4 Å². The first-order chi connectivity index (χ1) is 7.68. The van der Waals surface area contributed by atoms with E-state index < -0.39 is 0 Å². The maximum absolute atomic E-state index is 12.9. The van der Waals surface area contributed by atoms with Crippen molar-refractivity contribution in [2.45, 2.75) is 0 Å². The molecule has 0 aliphatic rings. The third kappa shape index (κ3) is 2.29. The lowest BCUT2D eigenvalue weighted by molar-refractivity contribution is 0.628. The van der Waals surface area contributed by atoms with Crippen molar-refractivity contribution in [1.29, 1.82) is 0 Å². The van der Waals surface area contributed by atoms with E-state index in [0.29, 0.717) is 5.69 Å². The minimum atomic E-state index is -0.383. The highest BCUT2D eigenvalue weighted by molar-refractivity contribution is 6.37. The summed E-state index contributed by atoms with van der Waals surface area (Å²) in [5, 5.41) is 0.277. The van der Waals surface area contributed by atoms with Crippen LogP contribution in [0.25, 0.3) is 0 Å². The van der Waals surface area contributed by atoms with Gasteiger partial charge >= 0.3 is 0 Å². The van der Waals surface area contributed by atoms with E-state index in [1.807, 2.05) is 30.3 Å². The van der Waals surface area contributed by atoms with Crippen molar-refractivity contribution < 1.29 is 4.39 Å². The summed E-state index contributed by atoms with van der Waals surface area (Å²) in [6.45, 7) is 0. The average molecular weight is 256 g/mol. The van der Waals surface area contributed by atoms with Crippen LogP contribution in [0.1, 0.15) is 0 Å². The molecule has 82 valence electrons. The zero-order valence-corrected chi connectivity index (χ0v) is 9.71. The van der Waals surface area contributed by atoms with Crippen LogP contribution in [0.5, 0.6) is 0 Å². The van der Waals surface area contributed by atoms with Gasteiger partial charge < -0.3 is 0 Å². The van der Waals surface area contributed by atoms with Gasteiger partial charge in [0.25, 0.3) is 0 Å². The zero-order valence-electron chi connectivity index (χ0n) is 8.20. The largest absolute Gasteiger partial charge is 0.252 e. The standard InChI is InChI=1S/C12H8Cl2FN/c13-11-8-9(15)6-7-12(11)16(14)10-4-2-1-3-5-10/h1-8H. The van der Waals surface area contributed by atoms with Crippen molar-refractivity contribution in [3.63, 3.8) is 0 Å². The molecule has 0 spiro atoms. The van der Waals surface area contributed by atoms with E-state index >= 15 is 0 Å². The molecule has 2 rings (SSSR count). The number of halogens is 3. The summed E-state index contributed by atoms with van der Waals surface area (Å²) in [5.74, 6) is -0.383. The predicted molar refractivity (Wildman–Crippen MR) is 65.8 cm³/mol. The Morgan fingerprint density at radius 2 is 1.69 bits per heavy atom. The molecule has 0 heterocycles. The molecule has 0 atom stereocenters. The molecular formula is C12H8Cl2FN. The third-order valence-electron chi connectivity index (χ3n) is 2.10. The van der Waals surface area contributed by atoms with Crippen LogP contribution in [0.3, 0.4) is 0 Å². The molecule has 2 aromatic rings. The molecule has 0 saturated heterocycles. The Kier molecular flexibility index (Phi) is 3.32. The second-order valence-electron chi connectivity index (χ2n) is 3.21. The fourth-order valence-corrected chi connectivity index (χ4v) is 1.89. The van der Waals surface area contributed by atoms with Crippen LogP contribution in [0.15, 0.2) is 48.5 Å². The molecule has 1 nitrogen and oxygen atoms in total. The van der Waals surface area contributed by atoms with Crippen molar-refractivity contribution >= 4 is 34.8 Å². The summed E-state index contributed by atoms with van der Waals surface area (Å²) in [6.07, 6.45) is 0. The minimum Gasteiger partial charge on any atom is -0.252 e. The number of hydrogen-bond acceptors (Lipinski definition) is 1. The van der Waals surface area contributed by atoms with Crippen LogP contribution in [-0.4, -0.2) is 0 Å². The van der Waals surface area contributed by atoms with E-state index in [1.165, 1.54) is 22.6 Å². The monoisotopic (exact) mass is 255 g/mol. The number of rotatable bonds is 2. The lowest BCUT2D eigenvalue weighted by atomic mass is 10.2. The van der Waals surface area contributed by atoms with Gasteiger partial charge in [0.15, 0.2) is 0 Å². The molecule has 0 aliphatic heterocycles. The molecular weight excluding hydrogens is 248 g/mol. The average Bonchev–Trinajstić information content (AvgIpc) is 2.29. The van der Waals surface area contributed by atoms with Gasteiger partial charge in [-0.15, -0.1) is 0 Å². The van der Waals surface area contributed by atoms with Gasteiger partial charge in [0.05, 0.1) is 16.4 Å². The fraction of sp³-hybridized carbons (Fsp3) is 0. The maximum Gasteiger partial charge on any atom is 0.124 e. The molecule has 2 aromatic carbocycles. The summed E-state index contributed by atoms with van der Waals surface area (Å²) >= 11 is 12.0. The van der Waals surface area contributed by atoms with E-state index in [1.54, 1.807) is 0 Å². The number of benzene rings is 2. The van der Waals surface area contributed by atoms with Crippen molar-refractivity contribution in [2.24, 2.45) is 0 Å². The molecule has 0 unspecified atom stereocenters. The van der Waals surface area contributed by atoms with Crippen molar-refractivity contribution in [1.82, 2.24) is 0 Å². The summed E-state index contributed by atoms with van der Waals surface area (Å²) in [4.78, 5) is 0. The molecule has 0 aliphatic carbocycles. The molecule has 4 heteroatoms. The van der Waals surface area contributed by atoms with Crippen LogP contribution in [0.2, 0.25) is 5.02 Å². The molecule has 0 fully saturated rings. The topological polar surface area (TPSA) is 3.24 Å². The molecule has 0 saturated carbocycles. The quantitative estimate of drug-likeness (QED) is 0.699. The van der Waals surface area contributed by atoms with Gasteiger partial charge in [0.1, 0.15) is 5.82 Å². The number of hydrogen-bond donors (Lipinski definition) is 0. The van der Waals surface area contributed by atoms with E-state index in [4.69, 9.17) is 23.4 Å². The lowest BCUT2D eigenvalue weighted by Crippen LogP contribution is -2.02. The highest BCUT2D eigenvalue weighted by atomic mass is 35.5. The van der Waals surface area contributed by atoms with Crippen LogP contribution in [-0.2, 0) is 0 Å². The van der Waals surface area contributed by atoms with Gasteiger partial charge in [-0.05, 0) is 30.3 Å². The summed E-state index contributed by atoms with van der Waals surface area (Å²) < 4.78 is 14.3. The summed E-state index contributed by atoms with van der Waals surface area (Å²) in [6, 6.07) is 13.4. The summed E-state index contributed by atoms with van der Waals surface area (Å²) in [5.41, 5.74) is 1.33. The Hall–Kier alpha value is -1.25. The Labute approximate surface area is 103 Å². The fourth-order valence-electron chi connectivity index (χ4n) is 1.34. The summed E-state index contributed by atoms with van der Waals surface area (Å²) in [7, 11) is 0. The molecule has 0 amide bonds. The van der Waals surface area contributed by atoms with Gasteiger partial charge in [-0.3, -0.25) is 4.42 Å². The normalized spacial score (nSPS) is 10.2. The van der Waals surface area contributed by atoms with Gasteiger partial charge in [-0.1, -0.05) is 29.8 Å². The van der Waals surface area contributed by atoms with E-state index in [0.717, 1.165) is 5.69 Å². The second-order valence-corrected chi connectivity index (χ2v) is 3.96. The van der Waals surface area contributed by atoms with Crippen molar-refractivity contribution in [2.75, 3.05) is 4.42 Å². The zero-order chi connectivity index (χ0) is 11.5. The Morgan fingerprint density at radius 3 is 2.31 bits per heavy atom. The first kappa shape index (κ1) is 11.2. The van der Waals surface area contributed by atoms with E-state index in [9.17, 15) is 4.39 Å². The van der Waals surface area contributed by atoms with Gasteiger partial charge in [-0.25, -0.2) is 4.39 Å². The molecule has 0 bridgehead atoms. The second kappa shape index (κ2) is 4.73. The molecule has 0 radical (unpaired) electrons. The number of nitrogens with zero attached hydrogens (tertiary/aromatic N) is 1. The van der Waals surface area contributed by atoms with Crippen LogP contribution >= 0.6 is 23.4 Å². The maximum atomic E-state index is 12.9. The minimum absolute atomic E-state index is 0.277. The highest BCUT2D eigenvalue weighted by Gasteiger charge is 2.10. The van der Waals surface area contributed by atoms with Crippen molar-refractivity contribution in [3.8, 4) is 0 Å². The lowest BCUT2D eigenvalue weighted by Gasteiger charge is -2.16. The van der Waals surface area contributed by atoms with Crippen LogP contribution in [0.4, 0.5) is 15.8 Å². The molecule has 0 aromatic heterocycles. The first-order valence-corrected chi connectivity index (χ1v) is 5.36. The van der Waals surface area contributed by atoms with Gasteiger partial charge in [-0.2, -0.15) is 0 Å². The van der Waals surface area contributed by atoms with Gasteiger partial charge in [0, 0.05) is 11.8 Å².